The van der Waals surface area contributed by atoms with Crippen LogP contribution in [0.25, 0.3) is 0 Å². The summed E-state index contributed by atoms with van der Waals surface area (Å²) in [6, 6.07) is -0.830. The van der Waals surface area contributed by atoms with E-state index >= 15 is 0 Å². The lowest BCUT2D eigenvalue weighted by Crippen LogP contribution is -2.44. The van der Waals surface area contributed by atoms with Gasteiger partial charge in [0.05, 0.1) is 19.5 Å². The van der Waals surface area contributed by atoms with E-state index in [-0.39, 0.29) is 32.6 Å². The SMILES string of the molecule is CCOC(=O)ONCCC(=O)N[C@H](Cc1cnc[nH]1)C(=O)OCC. The molecule has 1 amide bonds. The average Bonchev–Trinajstić information content (AvgIpc) is 3.04. The van der Waals surface area contributed by atoms with E-state index in [1.807, 2.05) is 0 Å². The van der Waals surface area contributed by atoms with Crippen molar-refractivity contribution in [3.05, 3.63) is 18.2 Å². The molecule has 3 N–H and O–H groups in total. The lowest BCUT2D eigenvalue weighted by Gasteiger charge is -2.16. The van der Waals surface area contributed by atoms with Gasteiger partial charge in [0.15, 0.2) is 0 Å². The van der Waals surface area contributed by atoms with Crippen molar-refractivity contribution in [2.45, 2.75) is 32.7 Å². The molecule has 1 aromatic heterocycles. The number of rotatable bonds is 10. The Morgan fingerprint density at radius 3 is 2.62 bits per heavy atom. The number of esters is 1. The summed E-state index contributed by atoms with van der Waals surface area (Å²) in [5.74, 6) is -0.927. The highest BCUT2D eigenvalue weighted by molar-refractivity contribution is 5.84. The van der Waals surface area contributed by atoms with Crippen LogP contribution in [0, 0.1) is 0 Å². The van der Waals surface area contributed by atoms with E-state index in [0.29, 0.717) is 5.69 Å². The number of nitrogens with one attached hydrogen (secondary N) is 3. The van der Waals surface area contributed by atoms with E-state index in [1.165, 1.54) is 6.33 Å². The highest BCUT2D eigenvalue weighted by Crippen LogP contribution is 2.01. The van der Waals surface area contributed by atoms with Gasteiger partial charge in [-0.15, -0.1) is 5.48 Å². The van der Waals surface area contributed by atoms with Gasteiger partial charge in [-0.2, -0.15) is 0 Å². The number of hydrogen-bond acceptors (Lipinski definition) is 8. The van der Waals surface area contributed by atoms with Gasteiger partial charge in [-0.05, 0) is 13.8 Å². The standard InChI is InChI=1S/C14H22N4O6/c1-3-22-13(20)11(7-10-8-15-9-16-10)18-12(19)5-6-17-24-14(21)23-4-2/h8-9,11,17H,3-7H2,1-2H3,(H,15,16)(H,18,19)/t11-/m1/s1. The first-order chi connectivity index (χ1) is 11.6. The summed E-state index contributed by atoms with van der Waals surface area (Å²) in [5, 5.41) is 2.58. The largest absolute Gasteiger partial charge is 0.527 e. The Morgan fingerprint density at radius 1 is 1.25 bits per heavy atom. The zero-order valence-corrected chi connectivity index (χ0v) is 13.7. The molecule has 0 aliphatic carbocycles. The van der Waals surface area contributed by atoms with Gasteiger partial charge in [0.1, 0.15) is 6.04 Å². The molecule has 0 radical (unpaired) electrons. The molecule has 0 aliphatic rings. The van der Waals surface area contributed by atoms with Gasteiger partial charge in [0.2, 0.25) is 5.91 Å². The van der Waals surface area contributed by atoms with Crippen molar-refractivity contribution in [3.8, 4) is 0 Å². The van der Waals surface area contributed by atoms with Crippen LogP contribution in [0.4, 0.5) is 4.79 Å². The summed E-state index contributed by atoms with van der Waals surface area (Å²) in [5.41, 5.74) is 3.00. The number of ether oxygens (including phenoxy) is 2. The van der Waals surface area contributed by atoms with Crippen molar-refractivity contribution in [2.75, 3.05) is 19.8 Å². The first-order valence-corrected chi connectivity index (χ1v) is 7.56. The highest BCUT2D eigenvalue weighted by atomic mass is 16.8. The van der Waals surface area contributed by atoms with E-state index in [1.54, 1.807) is 20.0 Å². The maximum absolute atomic E-state index is 11.9. The fourth-order valence-electron chi connectivity index (χ4n) is 1.74. The molecule has 0 fully saturated rings. The molecule has 1 aromatic rings. The lowest BCUT2D eigenvalue weighted by atomic mass is 10.1. The zero-order chi connectivity index (χ0) is 17.8. The molecule has 1 atom stereocenters. The number of imidazole rings is 1. The van der Waals surface area contributed by atoms with E-state index in [2.05, 4.69) is 30.3 Å². The second kappa shape index (κ2) is 11.0. The van der Waals surface area contributed by atoms with Crippen molar-refractivity contribution < 1.29 is 28.7 Å². The molecule has 24 heavy (non-hydrogen) atoms. The van der Waals surface area contributed by atoms with Gasteiger partial charge in [0.25, 0.3) is 0 Å². The number of carbonyl (C=O) groups is 3. The van der Waals surface area contributed by atoms with Crippen LogP contribution in [0.1, 0.15) is 26.0 Å². The van der Waals surface area contributed by atoms with Crippen LogP contribution < -0.4 is 10.8 Å². The Kier molecular flexibility index (Phi) is 8.90. The molecule has 10 nitrogen and oxygen atoms in total. The van der Waals surface area contributed by atoms with Gasteiger partial charge < -0.3 is 24.6 Å². The molecular formula is C14H22N4O6. The van der Waals surface area contributed by atoms with Crippen LogP contribution in [-0.2, 0) is 30.3 Å². The van der Waals surface area contributed by atoms with Gasteiger partial charge in [0, 0.05) is 31.3 Å². The third-order valence-electron chi connectivity index (χ3n) is 2.76. The zero-order valence-electron chi connectivity index (χ0n) is 13.7. The van der Waals surface area contributed by atoms with Crippen molar-refractivity contribution in [1.82, 2.24) is 20.8 Å². The maximum Gasteiger partial charge on any atom is 0.527 e. The second-order valence-corrected chi connectivity index (χ2v) is 4.58. The minimum absolute atomic E-state index is 0.00170. The van der Waals surface area contributed by atoms with Crippen molar-refractivity contribution in [3.63, 3.8) is 0 Å². The summed E-state index contributed by atoms with van der Waals surface area (Å²) in [7, 11) is 0. The summed E-state index contributed by atoms with van der Waals surface area (Å²) in [4.78, 5) is 46.0. The second-order valence-electron chi connectivity index (χ2n) is 4.58. The third kappa shape index (κ3) is 7.58. The first-order valence-electron chi connectivity index (χ1n) is 7.56. The van der Waals surface area contributed by atoms with Crippen LogP contribution in [-0.4, -0.2) is 53.8 Å². The number of amides is 1. The number of hydrogen-bond donors (Lipinski definition) is 3. The van der Waals surface area contributed by atoms with Crippen LogP contribution in [0.15, 0.2) is 12.5 Å². The van der Waals surface area contributed by atoms with Crippen LogP contribution in [0.5, 0.6) is 0 Å². The normalized spacial score (nSPS) is 11.4. The molecule has 0 spiro atoms. The Bertz CT molecular complexity index is 519. The molecule has 0 saturated heterocycles. The molecule has 0 bridgehead atoms. The van der Waals surface area contributed by atoms with Crippen LogP contribution in [0.2, 0.25) is 0 Å². The monoisotopic (exact) mass is 342 g/mol. The number of H-pyrrole nitrogens is 1. The predicted molar refractivity (Wildman–Crippen MR) is 81.6 cm³/mol. The Morgan fingerprint density at radius 2 is 2.00 bits per heavy atom. The van der Waals surface area contributed by atoms with Gasteiger partial charge in [-0.25, -0.2) is 14.6 Å². The van der Waals surface area contributed by atoms with E-state index < -0.39 is 24.1 Å². The Labute approximate surface area is 139 Å². The van der Waals surface area contributed by atoms with Crippen LogP contribution in [0.3, 0.4) is 0 Å². The summed E-state index contributed by atoms with van der Waals surface area (Å²) >= 11 is 0. The molecule has 0 unspecified atom stereocenters. The third-order valence-corrected chi connectivity index (χ3v) is 2.76. The minimum Gasteiger partial charge on any atom is -0.464 e. The molecule has 0 aromatic carbocycles. The van der Waals surface area contributed by atoms with E-state index in [9.17, 15) is 14.4 Å². The number of hydroxylamine groups is 1. The first kappa shape index (κ1) is 19.4. The Balaban J connectivity index is 2.40. The molecule has 134 valence electrons. The predicted octanol–water partition coefficient (Wildman–Crippen LogP) is 0.0679. The molecule has 10 heteroatoms. The summed E-state index contributed by atoms with van der Waals surface area (Å²) < 4.78 is 9.48. The maximum atomic E-state index is 11.9. The van der Waals surface area contributed by atoms with Gasteiger partial charge in [-0.3, -0.25) is 4.79 Å². The van der Waals surface area contributed by atoms with Gasteiger partial charge >= 0.3 is 12.1 Å². The van der Waals surface area contributed by atoms with E-state index in [4.69, 9.17) is 4.74 Å². The molecule has 0 saturated carbocycles. The smallest absolute Gasteiger partial charge is 0.464 e. The molecule has 0 aliphatic heterocycles. The number of carbonyl (C=O) groups excluding carboxylic acids is 3. The summed E-state index contributed by atoms with van der Waals surface area (Å²) in [6.07, 6.45) is 2.40. The molecule has 1 rings (SSSR count). The van der Waals surface area contributed by atoms with E-state index in [0.717, 1.165) is 0 Å². The quantitative estimate of drug-likeness (QED) is 0.309. The summed E-state index contributed by atoms with van der Waals surface area (Å²) in [6.45, 7) is 3.80. The number of aromatic nitrogens is 2. The van der Waals surface area contributed by atoms with Crippen molar-refractivity contribution in [2.24, 2.45) is 0 Å². The van der Waals surface area contributed by atoms with Gasteiger partial charge in [-0.1, -0.05) is 0 Å². The molecule has 1 heterocycles. The number of nitrogens with zero attached hydrogens (tertiary/aromatic N) is 1. The topological polar surface area (TPSA) is 132 Å². The fourth-order valence-corrected chi connectivity index (χ4v) is 1.74. The van der Waals surface area contributed by atoms with Crippen molar-refractivity contribution in [1.29, 1.82) is 0 Å². The lowest BCUT2D eigenvalue weighted by molar-refractivity contribution is -0.147. The van der Waals surface area contributed by atoms with Crippen LogP contribution >= 0.6 is 0 Å². The molecular weight excluding hydrogens is 320 g/mol. The fraction of sp³-hybridized carbons (Fsp3) is 0.571. The minimum atomic E-state index is -0.874. The average molecular weight is 342 g/mol. The highest BCUT2D eigenvalue weighted by Gasteiger charge is 2.23. The Hall–Kier alpha value is -2.62. The van der Waals surface area contributed by atoms with Crippen molar-refractivity contribution >= 4 is 18.0 Å². The number of aromatic amines is 1.